The quantitative estimate of drug-likeness (QED) is 0.242. The molecule has 3 aromatic rings. The minimum atomic E-state index is -3.63. The molecule has 0 radical (unpaired) electrons. The highest BCUT2D eigenvalue weighted by Crippen LogP contribution is 2.14. The zero-order valence-corrected chi connectivity index (χ0v) is 21.4. The van der Waals surface area contributed by atoms with Crippen molar-refractivity contribution in [2.45, 2.75) is 25.1 Å². The van der Waals surface area contributed by atoms with Crippen LogP contribution in [0.5, 0.6) is 0 Å². The maximum atomic E-state index is 13.7. The van der Waals surface area contributed by atoms with Crippen LogP contribution in [0.15, 0.2) is 53.1 Å². The summed E-state index contributed by atoms with van der Waals surface area (Å²) in [7, 11) is -3.63. The number of nitrogens with zero attached hydrogens (tertiary/aromatic N) is 1. The molecule has 2 unspecified atom stereocenters. The first-order chi connectivity index (χ1) is 16.5. The number of anilines is 1. The Hall–Kier alpha value is -2.62. The minimum absolute atomic E-state index is 0.0562. The summed E-state index contributed by atoms with van der Waals surface area (Å²) in [6.07, 6.45) is 0.611. The third-order valence-electron chi connectivity index (χ3n) is 4.72. The molecule has 0 saturated carbocycles. The lowest BCUT2D eigenvalue weighted by atomic mass is 10.0. The van der Waals surface area contributed by atoms with E-state index in [0.29, 0.717) is 6.54 Å². The molecule has 9 nitrogen and oxygen atoms in total. The second-order valence-corrected chi connectivity index (χ2v) is 10.8. The van der Waals surface area contributed by atoms with E-state index in [1.165, 1.54) is 0 Å². The van der Waals surface area contributed by atoms with Gasteiger partial charge in [-0.2, -0.15) is 4.98 Å². The molecule has 0 aliphatic carbocycles. The van der Waals surface area contributed by atoms with Crippen LogP contribution in [0.1, 0.15) is 21.8 Å². The summed E-state index contributed by atoms with van der Waals surface area (Å²) in [6, 6.07) is 9.69. The number of sulfonamides is 1. The third-order valence-corrected chi connectivity index (χ3v) is 5.97. The van der Waals surface area contributed by atoms with Gasteiger partial charge in [0.25, 0.3) is 5.89 Å². The number of aromatic nitrogens is 1. The number of amides is 1. The number of aliphatic hydroxyl groups is 1. The molecule has 0 saturated heterocycles. The maximum Gasteiger partial charge on any atom is 0.307 e. The molecular weight excluding hydrogens is 597 g/mol. The average molecular weight is 620 g/mol. The van der Waals surface area contributed by atoms with Gasteiger partial charge in [-0.3, -0.25) is 9.52 Å². The number of hydrogen-bond acceptors (Lipinski definition) is 7. The number of benzene rings is 2. The van der Waals surface area contributed by atoms with E-state index in [0.717, 1.165) is 39.9 Å². The van der Waals surface area contributed by atoms with Gasteiger partial charge in [-0.1, -0.05) is 12.1 Å². The van der Waals surface area contributed by atoms with Crippen LogP contribution in [0.4, 0.5) is 14.6 Å². The molecule has 35 heavy (non-hydrogen) atoms. The summed E-state index contributed by atoms with van der Waals surface area (Å²) in [6.45, 7) is 0.504. The van der Waals surface area contributed by atoms with Crippen LogP contribution in [-0.2, 0) is 23.0 Å². The number of nitrogens with one attached hydrogen (secondary N) is 3. The molecule has 13 heteroatoms. The molecule has 0 aliphatic rings. The minimum Gasteiger partial charge on any atom is -0.439 e. The molecule has 2 aromatic carbocycles. The number of halogens is 3. The van der Waals surface area contributed by atoms with E-state index in [9.17, 15) is 27.1 Å². The van der Waals surface area contributed by atoms with Crippen LogP contribution in [0.25, 0.3) is 0 Å². The van der Waals surface area contributed by atoms with E-state index in [2.05, 4.69) is 42.9 Å². The largest absolute Gasteiger partial charge is 0.439 e. The van der Waals surface area contributed by atoms with E-state index >= 15 is 0 Å². The molecule has 0 fully saturated rings. The molecule has 0 aliphatic heterocycles. The monoisotopic (exact) mass is 620 g/mol. The molecule has 1 amide bonds. The molecule has 0 bridgehead atoms. The van der Waals surface area contributed by atoms with Gasteiger partial charge >= 0.3 is 5.91 Å². The topological polar surface area (TPSA) is 134 Å². The summed E-state index contributed by atoms with van der Waals surface area (Å²) in [5.41, 5.74) is 1.21. The van der Waals surface area contributed by atoms with Gasteiger partial charge in [0.1, 0.15) is 17.9 Å². The fourth-order valence-electron chi connectivity index (χ4n) is 3.26. The van der Waals surface area contributed by atoms with Crippen molar-refractivity contribution in [3.63, 3.8) is 0 Å². The maximum absolute atomic E-state index is 13.7. The van der Waals surface area contributed by atoms with Crippen molar-refractivity contribution in [1.29, 1.82) is 0 Å². The summed E-state index contributed by atoms with van der Waals surface area (Å²) in [4.78, 5) is 16.4. The zero-order chi connectivity index (χ0) is 25.6. The van der Waals surface area contributed by atoms with Gasteiger partial charge in [-0.25, -0.2) is 17.2 Å². The summed E-state index contributed by atoms with van der Waals surface area (Å²) < 4.78 is 58.2. The van der Waals surface area contributed by atoms with Crippen LogP contribution in [0, 0.1) is 15.2 Å². The number of carbonyl (C=O) groups is 1. The molecule has 4 N–H and O–H groups in total. The van der Waals surface area contributed by atoms with Gasteiger partial charge in [-0.15, -0.1) is 0 Å². The Morgan fingerprint density at radius 3 is 2.54 bits per heavy atom. The lowest BCUT2D eigenvalue weighted by Gasteiger charge is -2.24. The summed E-state index contributed by atoms with van der Waals surface area (Å²) in [5, 5.41) is 16.4. The van der Waals surface area contributed by atoms with E-state index in [4.69, 9.17) is 4.42 Å². The normalized spacial score (nSPS) is 13.3. The number of aliphatic hydroxyl groups excluding tert-OH is 1. The fourth-order valence-corrected chi connectivity index (χ4v) is 4.35. The van der Waals surface area contributed by atoms with Gasteiger partial charge in [0.15, 0.2) is 5.82 Å². The van der Waals surface area contributed by atoms with Crippen molar-refractivity contribution in [2.24, 2.45) is 0 Å². The van der Waals surface area contributed by atoms with E-state index < -0.39 is 45.6 Å². The Morgan fingerprint density at radius 1 is 1.17 bits per heavy atom. The highest BCUT2D eigenvalue weighted by atomic mass is 127. The molecule has 3 rings (SSSR count). The van der Waals surface area contributed by atoms with Crippen molar-refractivity contribution >= 4 is 44.3 Å². The third kappa shape index (κ3) is 8.83. The van der Waals surface area contributed by atoms with Crippen molar-refractivity contribution in [3.8, 4) is 0 Å². The van der Waals surface area contributed by atoms with Crippen LogP contribution < -0.4 is 15.4 Å². The van der Waals surface area contributed by atoms with Gasteiger partial charge < -0.3 is 20.2 Å². The van der Waals surface area contributed by atoms with Gasteiger partial charge in [0.2, 0.25) is 10.0 Å². The van der Waals surface area contributed by atoms with E-state index in [1.54, 1.807) is 0 Å². The van der Waals surface area contributed by atoms with Gasteiger partial charge in [-0.05, 0) is 64.4 Å². The average Bonchev–Trinajstić information content (AvgIpc) is 3.19. The summed E-state index contributed by atoms with van der Waals surface area (Å²) in [5.74, 6) is -3.07. The molecule has 1 aromatic heterocycles. The Labute approximate surface area is 214 Å². The number of carbonyl (C=O) groups excluding carboxylic acids is 1. The van der Waals surface area contributed by atoms with Crippen LogP contribution in [-0.4, -0.2) is 49.4 Å². The van der Waals surface area contributed by atoms with Gasteiger partial charge in [0, 0.05) is 22.7 Å². The highest BCUT2D eigenvalue weighted by Gasteiger charge is 2.25. The SMILES string of the molecule is CS(=O)(=O)Nc1coc(C(=O)NC(Cc2cc(F)cc(F)c2)C(O)CNCc2cccc(I)c2)n1. The highest BCUT2D eigenvalue weighted by molar-refractivity contribution is 14.1. The summed E-state index contributed by atoms with van der Waals surface area (Å²) >= 11 is 2.19. The number of hydrogen-bond donors (Lipinski definition) is 4. The van der Waals surface area contributed by atoms with Crippen molar-refractivity contribution in [1.82, 2.24) is 15.6 Å². The van der Waals surface area contributed by atoms with E-state index in [-0.39, 0.29) is 24.3 Å². The zero-order valence-electron chi connectivity index (χ0n) is 18.5. The first-order valence-corrected chi connectivity index (χ1v) is 13.3. The van der Waals surface area contributed by atoms with Gasteiger partial charge in [0.05, 0.1) is 18.4 Å². The Morgan fingerprint density at radius 2 is 1.89 bits per heavy atom. The lowest BCUT2D eigenvalue weighted by molar-refractivity contribution is 0.0798. The predicted octanol–water partition coefficient (Wildman–Crippen LogP) is 2.42. The fraction of sp³-hybridized carbons (Fsp3) is 0.273. The second kappa shape index (κ2) is 11.9. The Bertz CT molecular complexity index is 1270. The first kappa shape index (κ1) is 27.0. The first-order valence-electron chi connectivity index (χ1n) is 10.3. The lowest BCUT2D eigenvalue weighted by Crippen LogP contribution is -2.48. The van der Waals surface area contributed by atoms with Crippen molar-refractivity contribution < 1.29 is 31.5 Å². The molecular formula is C22H23F2IN4O5S. The molecule has 188 valence electrons. The van der Waals surface area contributed by atoms with Crippen LogP contribution >= 0.6 is 22.6 Å². The Kier molecular flexibility index (Phi) is 9.15. The van der Waals surface area contributed by atoms with Crippen LogP contribution in [0.3, 0.4) is 0 Å². The number of oxazole rings is 1. The smallest absolute Gasteiger partial charge is 0.307 e. The number of rotatable bonds is 11. The van der Waals surface area contributed by atoms with Crippen molar-refractivity contribution in [2.75, 3.05) is 17.5 Å². The van der Waals surface area contributed by atoms with E-state index in [1.807, 2.05) is 24.3 Å². The molecule has 0 spiro atoms. The second-order valence-electron chi connectivity index (χ2n) is 7.80. The predicted molar refractivity (Wildman–Crippen MR) is 133 cm³/mol. The Balaban J connectivity index is 1.71. The standard InChI is InChI=1S/C22H23F2IN4O5S/c1-35(32,33)29-20-12-34-22(28-20)21(31)27-18(8-14-5-15(23)9-16(24)6-14)19(30)11-26-10-13-3-2-4-17(25)7-13/h2-7,9,12,18-19,26,29-30H,8,10-11H2,1H3,(H,27,31). The molecule has 1 heterocycles. The van der Waals surface area contributed by atoms with Crippen molar-refractivity contribution in [3.05, 3.63) is 80.9 Å². The molecule has 2 atom stereocenters. The van der Waals surface area contributed by atoms with Crippen LogP contribution in [0.2, 0.25) is 0 Å².